The third-order valence-corrected chi connectivity index (χ3v) is 3.26. The van der Waals surface area contributed by atoms with Crippen molar-refractivity contribution in [3.8, 4) is 0 Å². The topological polar surface area (TPSA) is 70.2 Å². The molecular formula is C14H19F2N3O2S. The maximum absolute atomic E-state index is 12.3. The molecule has 0 radical (unpaired) electrons. The fraction of sp³-hybridized carbons (Fsp3) is 0.429. The van der Waals surface area contributed by atoms with E-state index in [0.717, 1.165) is 0 Å². The molecule has 122 valence electrons. The minimum Gasteiger partial charge on any atom is -0.354 e. The second kappa shape index (κ2) is 9.24. The summed E-state index contributed by atoms with van der Waals surface area (Å²) in [6.45, 7) is 4.15. The van der Waals surface area contributed by atoms with Crippen molar-refractivity contribution < 1.29 is 18.4 Å². The number of anilines is 1. The molecule has 3 amide bonds. The van der Waals surface area contributed by atoms with Crippen LogP contribution in [0.25, 0.3) is 0 Å². The first-order valence-corrected chi connectivity index (χ1v) is 7.64. The first-order valence-electron chi connectivity index (χ1n) is 6.76. The summed E-state index contributed by atoms with van der Waals surface area (Å²) < 4.78 is 24.5. The van der Waals surface area contributed by atoms with Crippen molar-refractivity contribution >= 4 is 29.4 Å². The Morgan fingerprint density at radius 2 is 1.86 bits per heavy atom. The number of carbonyl (C=O) groups is 2. The fourth-order valence-corrected chi connectivity index (χ4v) is 2.05. The summed E-state index contributed by atoms with van der Waals surface area (Å²) in [7, 11) is 0. The Kier molecular flexibility index (Phi) is 7.65. The van der Waals surface area contributed by atoms with Crippen molar-refractivity contribution in [2.45, 2.75) is 24.5 Å². The second-order valence-corrected chi connectivity index (χ2v) is 5.80. The van der Waals surface area contributed by atoms with Crippen LogP contribution in [0.4, 0.5) is 19.3 Å². The van der Waals surface area contributed by atoms with Gasteiger partial charge < -0.3 is 16.0 Å². The van der Waals surface area contributed by atoms with Crippen LogP contribution in [0.15, 0.2) is 29.2 Å². The third-order valence-electron chi connectivity index (χ3n) is 2.55. The lowest BCUT2D eigenvalue weighted by atomic mass is 10.2. The molecule has 0 saturated heterocycles. The minimum atomic E-state index is -2.51. The van der Waals surface area contributed by atoms with E-state index in [2.05, 4.69) is 16.0 Å². The Balaban J connectivity index is 2.34. The SMILES string of the molecule is CC(C)C(=O)NCCNC(=O)Nc1cccc(SC(F)F)c1. The summed E-state index contributed by atoms with van der Waals surface area (Å²) in [6, 6.07) is 5.75. The molecule has 0 spiro atoms. The molecule has 5 nitrogen and oxygen atoms in total. The predicted octanol–water partition coefficient (Wildman–Crippen LogP) is 2.90. The lowest BCUT2D eigenvalue weighted by Gasteiger charge is -2.10. The van der Waals surface area contributed by atoms with E-state index in [9.17, 15) is 18.4 Å². The summed E-state index contributed by atoms with van der Waals surface area (Å²) in [4.78, 5) is 23.3. The van der Waals surface area contributed by atoms with E-state index >= 15 is 0 Å². The van der Waals surface area contributed by atoms with Gasteiger partial charge in [0.2, 0.25) is 5.91 Å². The van der Waals surface area contributed by atoms with Gasteiger partial charge in [0.05, 0.1) is 0 Å². The van der Waals surface area contributed by atoms with Gasteiger partial charge in [-0.1, -0.05) is 31.7 Å². The van der Waals surface area contributed by atoms with Gasteiger partial charge >= 0.3 is 6.03 Å². The Morgan fingerprint density at radius 1 is 1.18 bits per heavy atom. The lowest BCUT2D eigenvalue weighted by molar-refractivity contribution is -0.123. The van der Waals surface area contributed by atoms with Crippen LogP contribution in [0.1, 0.15) is 13.8 Å². The van der Waals surface area contributed by atoms with Gasteiger partial charge in [-0.2, -0.15) is 8.78 Å². The number of benzene rings is 1. The molecule has 0 fully saturated rings. The molecule has 0 atom stereocenters. The van der Waals surface area contributed by atoms with Gasteiger partial charge in [0.25, 0.3) is 5.76 Å². The quantitative estimate of drug-likeness (QED) is 0.531. The average molecular weight is 331 g/mol. The van der Waals surface area contributed by atoms with Crippen LogP contribution >= 0.6 is 11.8 Å². The highest BCUT2D eigenvalue weighted by atomic mass is 32.2. The second-order valence-electron chi connectivity index (χ2n) is 4.73. The number of thioether (sulfide) groups is 1. The molecule has 0 bridgehead atoms. The molecule has 0 saturated carbocycles. The van der Waals surface area contributed by atoms with Gasteiger partial charge in [-0.05, 0) is 18.2 Å². The number of carbonyl (C=O) groups excluding carboxylic acids is 2. The molecule has 0 unspecified atom stereocenters. The maximum atomic E-state index is 12.3. The Bertz CT molecular complexity index is 513. The Hall–Kier alpha value is -1.83. The van der Waals surface area contributed by atoms with E-state index in [1.807, 2.05) is 0 Å². The number of amides is 3. The summed E-state index contributed by atoms with van der Waals surface area (Å²) in [5.74, 6) is -2.70. The summed E-state index contributed by atoms with van der Waals surface area (Å²) in [5, 5.41) is 7.78. The molecule has 1 aromatic rings. The number of alkyl halides is 2. The van der Waals surface area contributed by atoms with Crippen LogP contribution in [0.3, 0.4) is 0 Å². The van der Waals surface area contributed by atoms with E-state index in [-0.39, 0.29) is 18.4 Å². The van der Waals surface area contributed by atoms with Crippen molar-refractivity contribution in [1.82, 2.24) is 10.6 Å². The van der Waals surface area contributed by atoms with Gasteiger partial charge in [-0.15, -0.1) is 0 Å². The van der Waals surface area contributed by atoms with Gasteiger partial charge in [0.1, 0.15) is 0 Å². The van der Waals surface area contributed by atoms with E-state index in [1.54, 1.807) is 32.0 Å². The first kappa shape index (κ1) is 18.2. The van der Waals surface area contributed by atoms with Crippen LogP contribution < -0.4 is 16.0 Å². The van der Waals surface area contributed by atoms with Gasteiger partial charge in [-0.3, -0.25) is 4.79 Å². The van der Waals surface area contributed by atoms with Gasteiger partial charge in [-0.25, -0.2) is 4.79 Å². The zero-order valence-corrected chi connectivity index (χ0v) is 13.2. The van der Waals surface area contributed by atoms with Gasteiger partial charge in [0.15, 0.2) is 0 Å². The fourth-order valence-electron chi connectivity index (χ4n) is 1.49. The number of nitrogens with one attached hydrogen (secondary N) is 3. The minimum absolute atomic E-state index is 0.0843. The van der Waals surface area contributed by atoms with Crippen LogP contribution in [-0.4, -0.2) is 30.8 Å². The maximum Gasteiger partial charge on any atom is 0.319 e. The molecule has 1 aromatic carbocycles. The van der Waals surface area contributed by atoms with Crippen molar-refractivity contribution in [2.24, 2.45) is 5.92 Å². The van der Waals surface area contributed by atoms with Crippen molar-refractivity contribution in [2.75, 3.05) is 18.4 Å². The zero-order valence-electron chi connectivity index (χ0n) is 12.4. The number of hydrogen-bond donors (Lipinski definition) is 3. The van der Waals surface area contributed by atoms with Crippen LogP contribution in [0.2, 0.25) is 0 Å². The normalized spacial score (nSPS) is 10.6. The molecule has 22 heavy (non-hydrogen) atoms. The van der Waals surface area contributed by atoms with Crippen LogP contribution in [-0.2, 0) is 4.79 Å². The van der Waals surface area contributed by atoms with Crippen molar-refractivity contribution in [1.29, 1.82) is 0 Å². The third kappa shape index (κ3) is 7.26. The number of rotatable bonds is 7. The summed E-state index contributed by atoms with van der Waals surface area (Å²) >= 11 is 0.414. The van der Waals surface area contributed by atoms with E-state index in [0.29, 0.717) is 28.9 Å². The van der Waals surface area contributed by atoms with Gasteiger partial charge in [0, 0.05) is 29.6 Å². The molecule has 0 aliphatic rings. The van der Waals surface area contributed by atoms with E-state index in [1.165, 1.54) is 6.07 Å². The lowest BCUT2D eigenvalue weighted by Crippen LogP contribution is -2.38. The highest BCUT2D eigenvalue weighted by molar-refractivity contribution is 7.99. The monoisotopic (exact) mass is 331 g/mol. The molecule has 0 aliphatic heterocycles. The van der Waals surface area contributed by atoms with Crippen LogP contribution in [0, 0.1) is 5.92 Å². The molecule has 0 aliphatic carbocycles. The average Bonchev–Trinajstić information content (AvgIpc) is 2.42. The first-order chi connectivity index (χ1) is 10.4. The van der Waals surface area contributed by atoms with Crippen molar-refractivity contribution in [3.63, 3.8) is 0 Å². The van der Waals surface area contributed by atoms with E-state index in [4.69, 9.17) is 0 Å². The van der Waals surface area contributed by atoms with E-state index < -0.39 is 11.8 Å². The number of hydrogen-bond acceptors (Lipinski definition) is 3. The molecular weight excluding hydrogens is 312 g/mol. The Morgan fingerprint density at radius 3 is 2.50 bits per heavy atom. The highest BCUT2D eigenvalue weighted by Gasteiger charge is 2.08. The molecule has 0 heterocycles. The molecule has 3 N–H and O–H groups in total. The largest absolute Gasteiger partial charge is 0.354 e. The van der Waals surface area contributed by atoms with Crippen LogP contribution in [0.5, 0.6) is 0 Å². The van der Waals surface area contributed by atoms with Crippen molar-refractivity contribution in [3.05, 3.63) is 24.3 Å². The predicted molar refractivity (Wildman–Crippen MR) is 83.2 cm³/mol. The summed E-state index contributed by atoms with van der Waals surface area (Å²) in [5.41, 5.74) is 0.425. The number of halogens is 2. The molecule has 1 rings (SSSR count). The number of urea groups is 1. The summed E-state index contributed by atoms with van der Waals surface area (Å²) in [6.07, 6.45) is 0. The Labute approximate surface area is 132 Å². The standard InChI is InChI=1S/C14H19F2N3O2S/c1-9(2)12(20)17-6-7-18-14(21)19-10-4-3-5-11(8-10)22-13(15)16/h3-5,8-9,13H,6-7H2,1-2H3,(H,17,20)(H2,18,19,21). The highest BCUT2D eigenvalue weighted by Crippen LogP contribution is 2.27. The molecule has 0 aromatic heterocycles. The smallest absolute Gasteiger partial charge is 0.319 e. The zero-order chi connectivity index (χ0) is 16.5. The molecule has 8 heteroatoms.